The first-order valence-electron chi connectivity index (χ1n) is 17.6. The van der Waals surface area contributed by atoms with E-state index in [0.717, 1.165) is 22.8 Å². The standard InChI is InChI=1S/C36H60BN8/c1-21(2)29-17-33(25(9)10,42-38-29)37(34(26(11)12)18-30(22(3)4)39-43-34,35(27(13)14)19-31(23(5)6)40-44-35)36(28(15)16)20-32(24(7)8)41-45-36/h17-28H,1-16H3/q-1. The Kier molecular flexibility index (Phi) is 9.33. The van der Waals surface area contributed by atoms with Crippen molar-refractivity contribution in [2.75, 3.05) is 0 Å². The fourth-order valence-electron chi connectivity index (χ4n) is 9.08. The first-order chi connectivity index (χ1) is 20.8. The van der Waals surface area contributed by atoms with E-state index >= 15 is 0 Å². The summed E-state index contributed by atoms with van der Waals surface area (Å²) in [5.41, 5.74) is 0.686. The minimum absolute atomic E-state index is 0.0319. The van der Waals surface area contributed by atoms with Gasteiger partial charge in [-0.3, -0.25) is 0 Å². The van der Waals surface area contributed by atoms with Gasteiger partial charge in [0.2, 0.25) is 0 Å². The van der Waals surface area contributed by atoms with Gasteiger partial charge in [0.05, 0.1) is 22.8 Å². The van der Waals surface area contributed by atoms with Crippen LogP contribution in [0.1, 0.15) is 111 Å². The van der Waals surface area contributed by atoms with Crippen molar-refractivity contribution in [3.05, 3.63) is 47.1 Å². The Morgan fingerprint density at radius 1 is 0.356 bits per heavy atom. The molecule has 0 amide bonds. The molecule has 4 atom stereocenters. The maximum Gasteiger partial charge on any atom is 0.148 e. The lowest BCUT2D eigenvalue weighted by atomic mass is 8.93. The van der Waals surface area contributed by atoms with E-state index in [4.69, 9.17) is 40.9 Å². The zero-order chi connectivity index (χ0) is 33.9. The predicted octanol–water partition coefficient (Wildman–Crippen LogP) is 11.2. The maximum absolute atomic E-state index is 5.54. The lowest BCUT2D eigenvalue weighted by molar-refractivity contribution is 0.318. The quantitative estimate of drug-likeness (QED) is 0.195. The zero-order valence-electron chi connectivity index (χ0n) is 31.1. The number of nitrogens with zero attached hydrogens (tertiary/aromatic N) is 8. The summed E-state index contributed by atoms with van der Waals surface area (Å²) < 4.78 is 0. The first kappa shape index (κ1) is 35.3. The number of allylic oxidation sites excluding steroid dienone is 4. The Hall–Kier alpha value is -2.58. The highest BCUT2D eigenvalue weighted by atomic mass is 15.3. The number of hydrogen-bond donors (Lipinski definition) is 0. The summed E-state index contributed by atoms with van der Waals surface area (Å²) in [5.74, 6) is 0.938. The molecule has 0 aromatic heterocycles. The van der Waals surface area contributed by atoms with Crippen molar-refractivity contribution in [2.24, 2.45) is 88.3 Å². The van der Waals surface area contributed by atoms with Crippen molar-refractivity contribution >= 4 is 6.15 Å². The van der Waals surface area contributed by atoms with Gasteiger partial charge in [-0.1, -0.05) is 135 Å². The average Bonchev–Trinajstić information content (AvgIpc) is 3.75. The molecule has 4 aliphatic heterocycles. The third-order valence-electron chi connectivity index (χ3n) is 11.7. The van der Waals surface area contributed by atoms with Crippen molar-refractivity contribution in [1.82, 2.24) is 0 Å². The van der Waals surface area contributed by atoms with Crippen molar-refractivity contribution < 1.29 is 0 Å². The van der Waals surface area contributed by atoms with E-state index in [1.165, 1.54) is 0 Å². The molecule has 4 rings (SSSR count). The van der Waals surface area contributed by atoms with Gasteiger partial charge in [-0.15, -0.1) is 0 Å². The second-order valence-electron chi connectivity index (χ2n) is 16.7. The number of hydrogen-bond acceptors (Lipinski definition) is 8. The summed E-state index contributed by atoms with van der Waals surface area (Å²) in [7, 11) is 0. The Morgan fingerprint density at radius 3 is 0.644 bits per heavy atom. The predicted molar refractivity (Wildman–Crippen MR) is 187 cm³/mol. The van der Waals surface area contributed by atoms with Crippen LogP contribution in [0.4, 0.5) is 0 Å². The van der Waals surface area contributed by atoms with Crippen LogP contribution in [0.2, 0.25) is 0 Å². The third-order valence-corrected chi connectivity index (χ3v) is 11.7. The lowest BCUT2D eigenvalue weighted by Gasteiger charge is -2.73. The summed E-state index contributed by atoms with van der Waals surface area (Å²) in [6.45, 7) is 36.0. The van der Waals surface area contributed by atoms with Crippen LogP contribution >= 0.6 is 0 Å². The minimum atomic E-state index is -2.17. The van der Waals surface area contributed by atoms with E-state index in [0.29, 0.717) is 0 Å². The van der Waals surface area contributed by atoms with Crippen molar-refractivity contribution in [1.29, 1.82) is 0 Å². The van der Waals surface area contributed by atoms with Crippen molar-refractivity contribution in [3.63, 3.8) is 0 Å². The van der Waals surface area contributed by atoms with Crippen LogP contribution in [0.3, 0.4) is 0 Å². The molecule has 0 bridgehead atoms. The summed E-state index contributed by atoms with van der Waals surface area (Å²) in [6, 6.07) is 0. The second-order valence-corrected chi connectivity index (χ2v) is 16.7. The molecule has 8 nitrogen and oxygen atoms in total. The molecule has 0 saturated heterocycles. The molecule has 0 fully saturated rings. The second kappa shape index (κ2) is 11.9. The van der Waals surface area contributed by atoms with Crippen LogP contribution in [-0.2, 0) is 0 Å². The van der Waals surface area contributed by atoms with E-state index in [1.54, 1.807) is 0 Å². The van der Waals surface area contributed by atoms with E-state index < -0.39 is 27.9 Å². The monoisotopic (exact) mass is 616 g/mol. The van der Waals surface area contributed by atoms with Crippen molar-refractivity contribution in [2.45, 2.75) is 133 Å². The molecule has 0 N–H and O–H groups in total. The third kappa shape index (κ3) is 4.67. The highest BCUT2D eigenvalue weighted by molar-refractivity contribution is 6.93. The molecule has 4 aliphatic rings. The molecule has 0 spiro atoms. The molecule has 4 unspecified atom stereocenters. The van der Waals surface area contributed by atoms with Gasteiger partial charge < -0.3 is 0 Å². The largest absolute Gasteiger partial charge is 0.217 e. The van der Waals surface area contributed by atoms with Gasteiger partial charge in [0.1, 0.15) is 6.15 Å². The molecule has 0 radical (unpaired) electrons. The van der Waals surface area contributed by atoms with Gasteiger partial charge in [0.15, 0.2) is 0 Å². The van der Waals surface area contributed by atoms with E-state index in [9.17, 15) is 0 Å². The molecule has 0 aromatic carbocycles. The molecule has 9 heteroatoms. The molecule has 248 valence electrons. The van der Waals surface area contributed by atoms with Gasteiger partial charge in [-0.05, 0) is 69.1 Å². The Bertz CT molecular complexity index is 1190. The molecule has 45 heavy (non-hydrogen) atoms. The van der Waals surface area contributed by atoms with Crippen LogP contribution in [0, 0.1) is 47.3 Å². The van der Waals surface area contributed by atoms with E-state index in [-0.39, 0.29) is 47.3 Å². The fraction of sp³-hybridized carbons (Fsp3) is 0.778. The minimum Gasteiger partial charge on any atom is -0.217 e. The Labute approximate surface area is 273 Å². The van der Waals surface area contributed by atoms with Crippen LogP contribution in [0.15, 0.2) is 88.0 Å². The summed E-state index contributed by atoms with van der Waals surface area (Å²) in [5, 5.41) is 42.3. The fourth-order valence-corrected chi connectivity index (χ4v) is 9.08. The van der Waals surface area contributed by atoms with E-state index in [2.05, 4.69) is 135 Å². The van der Waals surface area contributed by atoms with Crippen LogP contribution < -0.4 is 0 Å². The zero-order valence-corrected chi connectivity index (χ0v) is 31.1. The first-order valence-corrected chi connectivity index (χ1v) is 17.6. The van der Waals surface area contributed by atoms with Gasteiger partial charge in [0, 0.05) is 0 Å². The number of rotatable bonds is 12. The van der Waals surface area contributed by atoms with Crippen LogP contribution in [-0.4, -0.2) is 27.9 Å². The van der Waals surface area contributed by atoms with Gasteiger partial charge in [-0.25, -0.2) is 20.5 Å². The van der Waals surface area contributed by atoms with Crippen molar-refractivity contribution in [3.8, 4) is 0 Å². The molecule has 4 heterocycles. The van der Waals surface area contributed by atoms with Crippen LogP contribution in [0.5, 0.6) is 0 Å². The van der Waals surface area contributed by atoms with E-state index in [1.807, 2.05) is 0 Å². The lowest BCUT2D eigenvalue weighted by Crippen LogP contribution is -2.91. The number of azo groups is 4. The summed E-state index contributed by atoms with van der Waals surface area (Å²) in [4.78, 5) is 0. The van der Waals surface area contributed by atoms with Gasteiger partial charge in [0.25, 0.3) is 0 Å². The maximum atomic E-state index is 5.54. The Balaban J connectivity index is 2.46. The summed E-state index contributed by atoms with van der Waals surface area (Å²) in [6.07, 6.45) is 7.40. The average molecular weight is 616 g/mol. The highest BCUT2D eigenvalue weighted by Gasteiger charge is 2.78. The van der Waals surface area contributed by atoms with Gasteiger partial charge in [-0.2, -0.15) is 20.5 Å². The summed E-state index contributed by atoms with van der Waals surface area (Å²) >= 11 is 0. The van der Waals surface area contributed by atoms with Crippen LogP contribution in [0.25, 0.3) is 0 Å². The molecule has 0 aromatic rings. The SMILES string of the molecule is CC(C)C1=CC(C(C)C)([B-](C2(C(C)C)C=C(C(C)C)N=N2)(C2(C(C)C)C=C(C(C)C)N=N2)C2(C(C)C)C=C(C(C)C)N=N2)N=N1. The molecule has 0 saturated carbocycles. The van der Waals surface area contributed by atoms with Gasteiger partial charge >= 0.3 is 0 Å². The molecular weight excluding hydrogens is 555 g/mol. The molecular formula is C36H60BN8-. The normalized spacial score (nSPS) is 32.5. The smallest absolute Gasteiger partial charge is 0.148 e. The Morgan fingerprint density at radius 2 is 0.533 bits per heavy atom. The molecule has 0 aliphatic carbocycles. The topological polar surface area (TPSA) is 98.9 Å². The highest BCUT2D eigenvalue weighted by Crippen LogP contribution is 2.66.